The van der Waals surface area contributed by atoms with E-state index in [2.05, 4.69) is 5.32 Å². The van der Waals surface area contributed by atoms with Crippen LogP contribution in [0.25, 0.3) is 0 Å². The summed E-state index contributed by atoms with van der Waals surface area (Å²) in [7, 11) is 0.523. The Hall–Kier alpha value is -1.38. The van der Waals surface area contributed by atoms with Crippen LogP contribution in [0.15, 0.2) is 53.4 Å². The first-order chi connectivity index (χ1) is 12.1. The Morgan fingerprint density at radius 2 is 1.88 bits per heavy atom. The van der Waals surface area contributed by atoms with E-state index in [-0.39, 0.29) is 4.58 Å². The summed E-state index contributed by atoms with van der Waals surface area (Å²) in [5.74, 6) is 0.741. The van der Waals surface area contributed by atoms with Gasteiger partial charge in [-0.1, -0.05) is 23.9 Å². The van der Waals surface area contributed by atoms with E-state index >= 15 is 0 Å². The zero-order valence-electron chi connectivity index (χ0n) is 14.4. The number of rotatable bonds is 6. The van der Waals surface area contributed by atoms with Crippen molar-refractivity contribution in [1.29, 1.82) is 0 Å². The molecule has 25 heavy (non-hydrogen) atoms. The zero-order valence-corrected chi connectivity index (χ0v) is 16.0. The molecule has 2 aromatic rings. The average molecular weight is 381 g/mol. The van der Waals surface area contributed by atoms with Crippen molar-refractivity contribution in [3.05, 3.63) is 48.5 Å². The van der Waals surface area contributed by atoms with E-state index in [1.807, 2.05) is 55.6 Å². The molecule has 0 radical (unpaired) electrons. The highest BCUT2D eigenvalue weighted by Crippen LogP contribution is 2.65. The molecular formula is C18H24N2O3S2. The number of methoxy groups -OCH3 is 1. The van der Waals surface area contributed by atoms with Crippen LogP contribution >= 0.6 is 22.5 Å². The number of anilines is 2. The first-order valence-corrected chi connectivity index (χ1v) is 10.6. The number of nitrogens with zero attached hydrogens (tertiary/aromatic N) is 1. The number of benzene rings is 2. The molecule has 0 bridgehead atoms. The summed E-state index contributed by atoms with van der Waals surface area (Å²) in [6.07, 6.45) is 1.62. The van der Waals surface area contributed by atoms with Crippen LogP contribution in [0.5, 0.6) is 5.75 Å². The van der Waals surface area contributed by atoms with Gasteiger partial charge < -0.3 is 10.1 Å². The van der Waals surface area contributed by atoms with E-state index in [0.29, 0.717) is 0 Å². The van der Waals surface area contributed by atoms with Crippen LogP contribution in [-0.4, -0.2) is 34.4 Å². The standard InChI is InChI=1S/C18H24N2O3S2/c1-19-13-5-8-18-24-17-7-4-3-6-16(17)20(25(18,21)22)14-9-11-15(23-2)12-10-14/h3-4,6-7,9-12,18-19,21-22H,5,8,13H2,1-2H3. The van der Waals surface area contributed by atoms with Gasteiger partial charge in [-0.25, -0.2) is 4.31 Å². The Bertz CT molecular complexity index is 710. The third-order valence-electron chi connectivity index (χ3n) is 4.14. The molecule has 1 heterocycles. The first kappa shape index (κ1) is 18.4. The van der Waals surface area contributed by atoms with Gasteiger partial charge in [0.25, 0.3) is 0 Å². The van der Waals surface area contributed by atoms with Gasteiger partial charge in [0, 0.05) is 4.90 Å². The second kappa shape index (κ2) is 7.88. The molecule has 5 nitrogen and oxygen atoms in total. The summed E-state index contributed by atoms with van der Waals surface area (Å²) in [6, 6.07) is 15.3. The average Bonchev–Trinajstić information content (AvgIpc) is 2.62. The van der Waals surface area contributed by atoms with Gasteiger partial charge in [-0.05, 0) is 62.8 Å². The highest BCUT2D eigenvalue weighted by atomic mass is 32.3. The van der Waals surface area contributed by atoms with Gasteiger partial charge in [-0.15, -0.1) is 10.8 Å². The van der Waals surface area contributed by atoms with E-state index in [4.69, 9.17) is 4.74 Å². The molecule has 7 heteroatoms. The number of fused-ring (bicyclic) bond motifs is 1. The molecule has 0 saturated heterocycles. The summed E-state index contributed by atoms with van der Waals surface area (Å²) < 4.78 is 28.9. The van der Waals surface area contributed by atoms with Crippen molar-refractivity contribution in [3.63, 3.8) is 0 Å². The molecule has 0 fully saturated rings. The minimum absolute atomic E-state index is 0.266. The van der Waals surface area contributed by atoms with Crippen LogP contribution in [0, 0.1) is 0 Å². The smallest absolute Gasteiger partial charge is 0.119 e. The first-order valence-electron chi connectivity index (χ1n) is 8.19. The Labute approximate surface area is 154 Å². The molecule has 0 amide bonds. The molecule has 3 rings (SSSR count). The van der Waals surface area contributed by atoms with Crippen LogP contribution in [0.3, 0.4) is 0 Å². The van der Waals surface area contributed by atoms with Crippen LogP contribution in [0.4, 0.5) is 11.4 Å². The van der Waals surface area contributed by atoms with Crippen molar-refractivity contribution in [2.75, 3.05) is 25.0 Å². The van der Waals surface area contributed by atoms with Crippen molar-refractivity contribution < 1.29 is 13.8 Å². The highest BCUT2D eigenvalue weighted by molar-refractivity contribution is 8.34. The van der Waals surface area contributed by atoms with Crippen molar-refractivity contribution in [3.8, 4) is 5.75 Å². The van der Waals surface area contributed by atoms with Crippen LogP contribution in [0.2, 0.25) is 0 Å². The van der Waals surface area contributed by atoms with Crippen LogP contribution in [0.1, 0.15) is 12.8 Å². The lowest BCUT2D eigenvalue weighted by atomic mass is 10.2. The molecule has 136 valence electrons. The van der Waals surface area contributed by atoms with E-state index in [1.54, 1.807) is 23.2 Å². The quantitative estimate of drug-likeness (QED) is 0.618. The Morgan fingerprint density at radius 3 is 2.56 bits per heavy atom. The third kappa shape index (κ3) is 3.75. The minimum atomic E-state index is -3.00. The molecule has 1 aliphatic rings. The molecule has 1 aliphatic heterocycles. The lowest BCUT2D eigenvalue weighted by molar-refractivity contribution is 0.415. The lowest BCUT2D eigenvalue weighted by Crippen LogP contribution is -2.33. The molecular weight excluding hydrogens is 356 g/mol. The maximum atomic E-state index is 11.1. The van der Waals surface area contributed by atoms with Gasteiger partial charge in [-0.3, -0.25) is 9.11 Å². The molecule has 1 unspecified atom stereocenters. The second-order valence-electron chi connectivity index (χ2n) is 5.81. The normalized spacial score (nSPS) is 20.0. The highest BCUT2D eigenvalue weighted by Gasteiger charge is 2.39. The number of ether oxygens (including phenoxy) is 1. The van der Waals surface area contributed by atoms with Gasteiger partial charge in [0.1, 0.15) is 10.3 Å². The van der Waals surface area contributed by atoms with Crippen LogP contribution in [-0.2, 0) is 0 Å². The molecule has 3 N–H and O–H groups in total. The zero-order chi connectivity index (χ0) is 17.9. The predicted octanol–water partition coefficient (Wildman–Crippen LogP) is 4.93. The Balaban J connectivity index is 1.99. The molecule has 2 aromatic carbocycles. The van der Waals surface area contributed by atoms with Crippen molar-refractivity contribution >= 4 is 33.9 Å². The minimum Gasteiger partial charge on any atom is -0.497 e. The third-order valence-corrected chi connectivity index (χ3v) is 8.18. The molecule has 0 aliphatic carbocycles. The van der Waals surface area contributed by atoms with Crippen molar-refractivity contribution in [2.45, 2.75) is 22.3 Å². The number of para-hydroxylation sites is 1. The van der Waals surface area contributed by atoms with Crippen LogP contribution < -0.4 is 14.4 Å². The monoisotopic (exact) mass is 380 g/mol. The maximum Gasteiger partial charge on any atom is 0.119 e. The summed E-state index contributed by atoms with van der Waals surface area (Å²) in [5, 5.41) is 3.12. The summed E-state index contributed by atoms with van der Waals surface area (Å²) in [5.41, 5.74) is 1.59. The van der Waals surface area contributed by atoms with E-state index in [9.17, 15) is 9.11 Å². The number of nitrogens with one attached hydrogen (secondary N) is 1. The van der Waals surface area contributed by atoms with E-state index < -0.39 is 10.8 Å². The fourth-order valence-corrected chi connectivity index (χ4v) is 6.61. The fraction of sp³-hybridized carbons (Fsp3) is 0.333. The van der Waals surface area contributed by atoms with Gasteiger partial charge in [0.2, 0.25) is 0 Å². The summed E-state index contributed by atoms with van der Waals surface area (Å²) in [4.78, 5) is 1.07. The number of thioether (sulfide) groups is 1. The van der Waals surface area contributed by atoms with Crippen molar-refractivity contribution in [2.24, 2.45) is 0 Å². The van der Waals surface area contributed by atoms with Gasteiger partial charge in [0.05, 0.1) is 18.5 Å². The topological polar surface area (TPSA) is 65.0 Å². The number of hydrogen-bond donors (Lipinski definition) is 3. The maximum absolute atomic E-state index is 11.1. The Kier molecular flexibility index (Phi) is 5.81. The largest absolute Gasteiger partial charge is 0.497 e. The fourth-order valence-electron chi connectivity index (χ4n) is 2.87. The Morgan fingerprint density at radius 1 is 1.16 bits per heavy atom. The summed E-state index contributed by atoms with van der Waals surface area (Å²) in [6.45, 7) is 0.858. The molecule has 0 aromatic heterocycles. The molecule has 0 spiro atoms. The second-order valence-corrected chi connectivity index (χ2v) is 9.41. The van der Waals surface area contributed by atoms with Gasteiger partial charge >= 0.3 is 0 Å². The lowest BCUT2D eigenvalue weighted by Gasteiger charge is -2.52. The van der Waals surface area contributed by atoms with Crippen molar-refractivity contribution in [1.82, 2.24) is 5.32 Å². The van der Waals surface area contributed by atoms with Gasteiger partial charge in [-0.2, -0.15) is 0 Å². The van der Waals surface area contributed by atoms with E-state index in [0.717, 1.165) is 41.4 Å². The molecule has 1 atom stereocenters. The SMILES string of the molecule is CNCCCC1Sc2ccccc2N(c2ccc(OC)cc2)S1(O)O. The predicted molar refractivity (Wildman–Crippen MR) is 107 cm³/mol. The summed E-state index contributed by atoms with van der Waals surface area (Å²) >= 11 is 1.56. The number of hydrogen-bond acceptors (Lipinski definition) is 6. The van der Waals surface area contributed by atoms with E-state index in [1.165, 1.54) is 0 Å². The molecule has 0 saturated carbocycles. The van der Waals surface area contributed by atoms with Gasteiger partial charge in [0.15, 0.2) is 0 Å².